The van der Waals surface area contributed by atoms with Crippen LogP contribution in [-0.2, 0) is 11.3 Å². The molecule has 96 valence electrons. The van der Waals surface area contributed by atoms with Crippen LogP contribution in [0.5, 0.6) is 0 Å². The summed E-state index contributed by atoms with van der Waals surface area (Å²) in [6.07, 6.45) is 0. The molecule has 0 atom stereocenters. The zero-order valence-electron chi connectivity index (χ0n) is 10.2. The van der Waals surface area contributed by atoms with Gasteiger partial charge in [-0.3, -0.25) is 4.79 Å². The van der Waals surface area contributed by atoms with E-state index in [1.54, 1.807) is 24.3 Å². The molecule has 1 amide bonds. The van der Waals surface area contributed by atoms with Crippen molar-refractivity contribution < 1.29 is 14.1 Å². The van der Waals surface area contributed by atoms with Crippen LogP contribution in [0.1, 0.15) is 21.8 Å². The fourth-order valence-electron chi connectivity index (χ4n) is 1.49. The molecule has 19 heavy (non-hydrogen) atoms. The number of aromatic nitrogens is 1. The SMILES string of the molecule is COCc1cc(C(=O)Nc2cccc(C#N)c2)no1. The van der Waals surface area contributed by atoms with Gasteiger partial charge in [-0.25, -0.2) is 0 Å². The Morgan fingerprint density at radius 3 is 3.11 bits per heavy atom. The van der Waals surface area contributed by atoms with Gasteiger partial charge in [0.05, 0.1) is 11.6 Å². The summed E-state index contributed by atoms with van der Waals surface area (Å²) in [5.74, 6) is 0.0691. The summed E-state index contributed by atoms with van der Waals surface area (Å²) in [5.41, 5.74) is 1.16. The van der Waals surface area contributed by atoms with Gasteiger partial charge in [0.15, 0.2) is 11.5 Å². The molecule has 0 fully saturated rings. The Hall–Kier alpha value is -2.65. The van der Waals surface area contributed by atoms with Crippen molar-refractivity contribution in [3.8, 4) is 6.07 Å². The highest BCUT2D eigenvalue weighted by atomic mass is 16.5. The Labute approximate surface area is 109 Å². The zero-order chi connectivity index (χ0) is 13.7. The minimum atomic E-state index is -0.402. The Kier molecular flexibility index (Phi) is 3.90. The number of amides is 1. The molecule has 0 saturated carbocycles. The highest BCUT2D eigenvalue weighted by molar-refractivity contribution is 6.02. The van der Waals surface area contributed by atoms with Gasteiger partial charge in [-0.15, -0.1) is 0 Å². The van der Waals surface area contributed by atoms with Crippen molar-refractivity contribution >= 4 is 11.6 Å². The lowest BCUT2D eigenvalue weighted by Crippen LogP contribution is -2.12. The first-order valence-corrected chi connectivity index (χ1v) is 5.49. The van der Waals surface area contributed by atoms with Crippen LogP contribution >= 0.6 is 0 Å². The number of nitrogens with one attached hydrogen (secondary N) is 1. The highest BCUT2D eigenvalue weighted by Gasteiger charge is 2.12. The molecule has 0 radical (unpaired) electrons. The number of hydrogen-bond donors (Lipinski definition) is 1. The molecule has 0 aliphatic rings. The third-order valence-electron chi connectivity index (χ3n) is 2.33. The van der Waals surface area contributed by atoms with E-state index in [1.807, 2.05) is 6.07 Å². The fourth-order valence-corrected chi connectivity index (χ4v) is 1.49. The van der Waals surface area contributed by atoms with Gasteiger partial charge in [0, 0.05) is 18.9 Å². The summed E-state index contributed by atoms with van der Waals surface area (Å²) < 4.78 is 9.79. The normalized spacial score (nSPS) is 9.89. The predicted molar refractivity (Wildman–Crippen MR) is 66.3 cm³/mol. The van der Waals surface area contributed by atoms with E-state index in [9.17, 15) is 4.79 Å². The Morgan fingerprint density at radius 2 is 2.37 bits per heavy atom. The first-order valence-electron chi connectivity index (χ1n) is 5.49. The standard InChI is InChI=1S/C13H11N3O3/c1-18-8-11-6-12(16-19-11)13(17)15-10-4-2-3-9(5-10)7-14/h2-6H,8H2,1H3,(H,15,17). The molecule has 2 rings (SSSR count). The van der Waals surface area contributed by atoms with E-state index in [4.69, 9.17) is 14.5 Å². The quantitative estimate of drug-likeness (QED) is 0.904. The smallest absolute Gasteiger partial charge is 0.277 e. The molecule has 1 aromatic heterocycles. The molecule has 0 aliphatic heterocycles. The number of carbonyl (C=O) groups excluding carboxylic acids is 1. The van der Waals surface area contributed by atoms with Gasteiger partial charge in [-0.05, 0) is 18.2 Å². The van der Waals surface area contributed by atoms with Crippen LogP contribution in [0.4, 0.5) is 5.69 Å². The number of methoxy groups -OCH3 is 1. The van der Waals surface area contributed by atoms with Gasteiger partial charge < -0.3 is 14.6 Å². The van der Waals surface area contributed by atoms with Crippen molar-refractivity contribution in [3.05, 3.63) is 47.3 Å². The molecule has 1 aromatic carbocycles. The average Bonchev–Trinajstić information content (AvgIpc) is 2.88. The minimum Gasteiger partial charge on any atom is -0.377 e. The van der Waals surface area contributed by atoms with Crippen LogP contribution in [0, 0.1) is 11.3 Å². The lowest BCUT2D eigenvalue weighted by Gasteiger charge is -2.02. The number of nitrogens with zero attached hydrogens (tertiary/aromatic N) is 2. The van der Waals surface area contributed by atoms with Crippen LogP contribution in [-0.4, -0.2) is 18.2 Å². The van der Waals surface area contributed by atoms with E-state index in [0.29, 0.717) is 17.0 Å². The summed E-state index contributed by atoms with van der Waals surface area (Å²) >= 11 is 0. The zero-order valence-corrected chi connectivity index (χ0v) is 10.2. The Balaban J connectivity index is 2.09. The second kappa shape index (κ2) is 5.80. The van der Waals surface area contributed by atoms with E-state index in [1.165, 1.54) is 13.2 Å². The van der Waals surface area contributed by atoms with Gasteiger partial charge in [0.25, 0.3) is 5.91 Å². The molecule has 6 nitrogen and oxygen atoms in total. The summed E-state index contributed by atoms with van der Waals surface area (Å²) in [4.78, 5) is 11.9. The molecule has 1 heterocycles. The first-order chi connectivity index (χ1) is 9.22. The lowest BCUT2D eigenvalue weighted by molar-refractivity contribution is 0.101. The number of anilines is 1. The van der Waals surface area contributed by atoms with Crippen LogP contribution in [0.2, 0.25) is 0 Å². The number of ether oxygens (including phenoxy) is 1. The summed E-state index contributed by atoms with van der Waals surface area (Å²) in [6, 6.07) is 10.1. The number of carbonyl (C=O) groups is 1. The van der Waals surface area contributed by atoms with Crippen molar-refractivity contribution in [2.24, 2.45) is 0 Å². The maximum Gasteiger partial charge on any atom is 0.277 e. The average molecular weight is 257 g/mol. The van der Waals surface area contributed by atoms with Crippen LogP contribution in [0.25, 0.3) is 0 Å². The lowest BCUT2D eigenvalue weighted by atomic mass is 10.2. The van der Waals surface area contributed by atoms with Crippen molar-refractivity contribution in [3.63, 3.8) is 0 Å². The third kappa shape index (κ3) is 3.18. The largest absolute Gasteiger partial charge is 0.377 e. The van der Waals surface area contributed by atoms with E-state index in [0.717, 1.165) is 0 Å². The predicted octanol–water partition coefficient (Wildman–Crippen LogP) is 1.94. The maximum atomic E-state index is 11.9. The number of nitriles is 1. The molecule has 0 bridgehead atoms. The number of benzene rings is 1. The molecular weight excluding hydrogens is 246 g/mol. The Morgan fingerprint density at radius 1 is 1.53 bits per heavy atom. The topological polar surface area (TPSA) is 88.1 Å². The molecule has 0 spiro atoms. The molecule has 0 unspecified atom stereocenters. The van der Waals surface area contributed by atoms with Gasteiger partial charge in [-0.1, -0.05) is 11.2 Å². The molecular formula is C13H11N3O3. The van der Waals surface area contributed by atoms with Crippen molar-refractivity contribution in [2.75, 3.05) is 12.4 Å². The number of hydrogen-bond acceptors (Lipinski definition) is 5. The van der Waals surface area contributed by atoms with E-state index in [2.05, 4.69) is 10.5 Å². The van der Waals surface area contributed by atoms with Crippen molar-refractivity contribution in [2.45, 2.75) is 6.61 Å². The molecule has 6 heteroatoms. The molecule has 0 saturated heterocycles. The van der Waals surface area contributed by atoms with Crippen molar-refractivity contribution in [1.82, 2.24) is 5.16 Å². The van der Waals surface area contributed by atoms with Gasteiger partial charge in [0.2, 0.25) is 0 Å². The third-order valence-corrected chi connectivity index (χ3v) is 2.33. The summed E-state index contributed by atoms with van der Waals surface area (Å²) in [7, 11) is 1.52. The minimum absolute atomic E-state index is 0.161. The van der Waals surface area contributed by atoms with E-state index in [-0.39, 0.29) is 12.3 Å². The van der Waals surface area contributed by atoms with Crippen LogP contribution < -0.4 is 5.32 Å². The van der Waals surface area contributed by atoms with Crippen LogP contribution in [0.3, 0.4) is 0 Å². The summed E-state index contributed by atoms with van der Waals surface area (Å²) in [6.45, 7) is 0.254. The first kappa shape index (κ1) is 12.8. The molecule has 1 N–H and O–H groups in total. The van der Waals surface area contributed by atoms with Gasteiger partial charge in [0.1, 0.15) is 6.61 Å². The monoisotopic (exact) mass is 257 g/mol. The molecule has 2 aromatic rings. The van der Waals surface area contributed by atoms with E-state index >= 15 is 0 Å². The molecule has 0 aliphatic carbocycles. The maximum absolute atomic E-state index is 11.9. The van der Waals surface area contributed by atoms with Gasteiger partial charge in [-0.2, -0.15) is 5.26 Å². The second-order valence-electron chi connectivity index (χ2n) is 3.76. The van der Waals surface area contributed by atoms with Gasteiger partial charge >= 0.3 is 0 Å². The summed E-state index contributed by atoms with van der Waals surface area (Å²) in [5, 5.41) is 15.0. The fraction of sp³-hybridized carbons (Fsp3) is 0.154. The second-order valence-corrected chi connectivity index (χ2v) is 3.76. The van der Waals surface area contributed by atoms with Crippen LogP contribution in [0.15, 0.2) is 34.9 Å². The van der Waals surface area contributed by atoms with E-state index < -0.39 is 5.91 Å². The number of rotatable bonds is 4. The van der Waals surface area contributed by atoms with Crippen molar-refractivity contribution in [1.29, 1.82) is 5.26 Å². The Bertz CT molecular complexity index is 628. The highest BCUT2D eigenvalue weighted by Crippen LogP contribution is 2.12.